The molecule has 0 atom stereocenters. The first-order valence-electron chi connectivity index (χ1n) is 7.08. The van der Waals surface area contributed by atoms with E-state index in [0.717, 1.165) is 16.7 Å². The monoisotopic (exact) mass is 301 g/mol. The van der Waals surface area contributed by atoms with Gasteiger partial charge in [-0.25, -0.2) is 4.39 Å². The Morgan fingerprint density at radius 1 is 1.14 bits per heavy atom. The molecule has 4 heteroatoms. The number of benzene rings is 2. The zero-order valence-corrected chi connectivity index (χ0v) is 13.3. The lowest BCUT2D eigenvalue weighted by Gasteiger charge is -2.18. The smallest absolute Gasteiger partial charge is 0.231 e. The minimum atomic E-state index is -0.481. The molecule has 0 radical (unpaired) electrons. The maximum atomic E-state index is 13.7. The highest BCUT2D eigenvalue weighted by Crippen LogP contribution is 2.23. The van der Waals surface area contributed by atoms with E-state index in [2.05, 4.69) is 6.07 Å². The van der Waals surface area contributed by atoms with Crippen molar-refractivity contribution < 1.29 is 13.9 Å². The van der Waals surface area contributed by atoms with Crippen LogP contribution in [0.4, 0.5) is 10.1 Å². The van der Waals surface area contributed by atoms with Gasteiger partial charge in [0.25, 0.3) is 0 Å². The van der Waals surface area contributed by atoms with Crippen molar-refractivity contribution in [3.63, 3.8) is 0 Å². The number of methoxy groups -OCH3 is 1. The normalized spacial score (nSPS) is 10.4. The van der Waals surface area contributed by atoms with E-state index in [-0.39, 0.29) is 18.1 Å². The largest absolute Gasteiger partial charge is 0.494 e. The van der Waals surface area contributed by atoms with E-state index in [1.807, 2.05) is 26.0 Å². The molecule has 116 valence electrons. The Labute approximate surface area is 130 Å². The average Bonchev–Trinajstić information content (AvgIpc) is 2.45. The van der Waals surface area contributed by atoms with Gasteiger partial charge in [-0.2, -0.15) is 0 Å². The Balaban J connectivity index is 2.16. The molecule has 0 aliphatic rings. The van der Waals surface area contributed by atoms with E-state index < -0.39 is 5.82 Å². The molecule has 0 heterocycles. The number of rotatable bonds is 4. The Morgan fingerprint density at radius 3 is 2.32 bits per heavy atom. The quantitative estimate of drug-likeness (QED) is 0.862. The number of anilines is 1. The van der Waals surface area contributed by atoms with Crippen LogP contribution in [0.3, 0.4) is 0 Å². The number of carbonyl (C=O) groups excluding carboxylic acids is 1. The first kappa shape index (κ1) is 16.0. The van der Waals surface area contributed by atoms with Gasteiger partial charge in [-0.15, -0.1) is 0 Å². The molecule has 0 N–H and O–H groups in total. The Hall–Kier alpha value is -2.36. The summed E-state index contributed by atoms with van der Waals surface area (Å²) in [6.07, 6.45) is 0.284. The summed E-state index contributed by atoms with van der Waals surface area (Å²) in [5, 5.41) is 0. The first-order chi connectivity index (χ1) is 10.4. The van der Waals surface area contributed by atoms with Crippen LogP contribution in [-0.4, -0.2) is 20.1 Å². The van der Waals surface area contributed by atoms with Crippen LogP contribution < -0.4 is 9.64 Å². The van der Waals surface area contributed by atoms with E-state index in [0.29, 0.717) is 5.69 Å². The molecular formula is C18H20FNO2. The summed E-state index contributed by atoms with van der Waals surface area (Å²) in [6, 6.07) is 10.5. The van der Waals surface area contributed by atoms with E-state index in [1.165, 1.54) is 24.1 Å². The van der Waals surface area contributed by atoms with Gasteiger partial charge in [0.05, 0.1) is 13.5 Å². The van der Waals surface area contributed by atoms with Crippen LogP contribution in [0.25, 0.3) is 0 Å². The number of carbonyl (C=O) groups is 1. The van der Waals surface area contributed by atoms with Gasteiger partial charge in [-0.05, 0) is 31.5 Å². The third-order valence-electron chi connectivity index (χ3n) is 3.53. The Morgan fingerprint density at radius 2 is 1.77 bits per heavy atom. The summed E-state index contributed by atoms with van der Waals surface area (Å²) < 4.78 is 18.6. The van der Waals surface area contributed by atoms with Crippen LogP contribution in [0.5, 0.6) is 5.75 Å². The number of ether oxygens (including phenoxy) is 1. The van der Waals surface area contributed by atoms with Crippen LogP contribution in [0.15, 0.2) is 36.4 Å². The second-order valence-corrected chi connectivity index (χ2v) is 5.44. The molecule has 0 unspecified atom stereocenters. The number of likely N-dealkylation sites (N-methyl/N-ethyl adjacent to an activating group) is 1. The lowest BCUT2D eigenvalue weighted by atomic mass is 10.0. The second-order valence-electron chi connectivity index (χ2n) is 5.44. The minimum Gasteiger partial charge on any atom is -0.494 e. The van der Waals surface area contributed by atoms with Crippen molar-refractivity contribution in [3.8, 4) is 5.75 Å². The Kier molecular flexibility index (Phi) is 4.81. The maximum absolute atomic E-state index is 13.7. The molecule has 0 aromatic heterocycles. The summed E-state index contributed by atoms with van der Waals surface area (Å²) >= 11 is 0. The Bertz CT molecular complexity index is 677. The van der Waals surface area contributed by atoms with Crippen molar-refractivity contribution in [2.75, 3.05) is 19.1 Å². The van der Waals surface area contributed by atoms with Crippen molar-refractivity contribution in [1.29, 1.82) is 0 Å². The molecule has 0 bridgehead atoms. The number of hydrogen-bond acceptors (Lipinski definition) is 2. The van der Waals surface area contributed by atoms with E-state index in [4.69, 9.17) is 4.74 Å². The molecule has 0 aliphatic carbocycles. The number of aryl methyl sites for hydroxylation is 2. The topological polar surface area (TPSA) is 29.5 Å². The lowest BCUT2D eigenvalue weighted by molar-refractivity contribution is -0.117. The molecule has 2 aromatic carbocycles. The van der Waals surface area contributed by atoms with Crippen LogP contribution in [0.2, 0.25) is 0 Å². The molecule has 3 nitrogen and oxygen atoms in total. The molecule has 22 heavy (non-hydrogen) atoms. The van der Waals surface area contributed by atoms with E-state index in [9.17, 15) is 9.18 Å². The second kappa shape index (κ2) is 6.60. The van der Waals surface area contributed by atoms with Crippen LogP contribution >= 0.6 is 0 Å². The highest BCUT2D eigenvalue weighted by molar-refractivity contribution is 5.94. The molecule has 1 amide bonds. The fourth-order valence-electron chi connectivity index (χ4n) is 2.47. The average molecular weight is 301 g/mol. The summed E-state index contributed by atoms with van der Waals surface area (Å²) in [5.41, 5.74) is 3.72. The fourth-order valence-corrected chi connectivity index (χ4v) is 2.47. The third kappa shape index (κ3) is 3.64. The highest BCUT2D eigenvalue weighted by Gasteiger charge is 2.14. The van der Waals surface area contributed by atoms with Crippen molar-refractivity contribution in [1.82, 2.24) is 0 Å². The van der Waals surface area contributed by atoms with Gasteiger partial charge in [0.15, 0.2) is 11.6 Å². The van der Waals surface area contributed by atoms with Crippen molar-refractivity contribution in [3.05, 3.63) is 58.9 Å². The van der Waals surface area contributed by atoms with Crippen LogP contribution in [0, 0.1) is 19.7 Å². The third-order valence-corrected chi connectivity index (χ3v) is 3.53. The predicted molar refractivity (Wildman–Crippen MR) is 86.0 cm³/mol. The van der Waals surface area contributed by atoms with E-state index in [1.54, 1.807) is 13.1 Å². The van der Waals surface area contributed by atoms with Gasteiger partial charge in [0, 0.05) is 18.8 Å². The van der Waals surface area contributed by atoms with Gasteiger partial charge in [0.1, 0.15) is 0 Å². The first-order valence-corrected chi connectivity index (χ1v) is 7.08. The standard InChI is InChI=1S/C18H20FNO2/c1-12-7-13(2)9-14(8-12)10-18(21)20(3)15-5-6-17(22-4)16(19)11-15/h5-9,11H,10H2,1-4H3. The van der Waals surface area contributed by atoms with Crippen LogP contribution in [0.1, 0.15) is 16.7 Å². The zero-order chi connectivity index (χ0) is 16.3. The molecule has 2 aromatic rings. The molecule has 0 spiro atoms. The summed E-state index contributed by atoms with van der Waals surface area (Å²) in [5.74, 6) is -0.403. The summed E-state index contributed by atoms with van der Waals surface area (Å²) in [6.45, 7) is 4.01. The van der Waals surface area contributed by atoms with Crippen molar-refractivity contribution in [2.45, 2.75) is 20.3 Å². The van der Waals surface area contributed by atoms with Gasteiger partial charge in [-0.3, -0.25) is 4.79 Å². The number of halogens is 1. The maximum Gasteiger partial charge on any atom is 0.231 e. The zero-order valence-electron chi connectivity index (χ0n) is 13.3. The SMILES string of the molecule is COc1ccc(N(C)C(=O)Cc2cc(C)cc(C)c2)cc1F. The number of hydrogen-bond donors (Lipinski definition) is 0. The van der Waals surface area contributed by atoms with Gasteiger partial charge >= 0.3 is 0 Å². The number of amides is 1. The van der Waals surface area contributed by atoms with Crippen LogP contribution in [-0.2, 0) is 11.2 Å². The lowest BCUT2D eigenvalue weighted by Crippen LogP contribution is -2.28. The number of nitrogens with zero attached hydrogens (tertiary/aromatic N) is 1. The molecule has 0 fully saturated rings. The molecular weight excluding hydrogens is 281 g/mol. The highest BCUT2D eigenvalue weighted by atomic mass is 19.1. The van der Waals surface area contributed by atoms with Crippen molar-refractivity contribution in [2.24, 2.45) is 0 Å². The fraction of sp³-hybridized carbons (Fsp3) is 0.278. The summed E-state index contributed by atoms with van der Waals surface area (Å²) in [7, 11) is 3.05. The molecule has 0 saturated heterocycles. The summed E-state index contributed by atoms with van der Waals surface area (Å²) in [4.78, 5) is 13.8. The van der Waals surface area contributed by atoms with Crippen molar-refractivity contribution >= 4 is 11.6 Å². The molecule has 0 aliphatic heterocycles. The molecule has 0 saturated carbocycles. The predicted octanol–water partition coefficient (Wildman–Crippen LogP) is 3.66. The van der Waals surface area contributed by atoms with Gasteiger partial charge in [0.2, 0.25) is 5.91 Å². The minimum absolute atomic E-state index is 0.0884. The van der Waals surface area contributed by atoms with Gasteiger partial charge < -0.3 is 9.64 Å². The molecule has 2 rings (SSSR count). The van der Waals surface area contributed by atoms with E-state index >= 15 is 0 Å². The van der Waals surface area contributed by atoms with Gasteiger partial charge in [-0.1, -0.05) is 29.3 Å².